The van der Waals surface area contributed by atoms with E-state index in [0.717, 1.165) is 0 Å². The predicted octanol–water partition coefficient (Wildman–Crippen LogP) is 2.33. The van der Waals surface area contributed by atoms with E-state index in [9.17, 15) is 9.18 Å². The molecule has 0 heterocycles. The average Bonchev–Trinajstić information content (AvgIpc) is 2.30. The summed E-state index contributed by atoms with van der Waals surface area (Å²) in [6, 6.07) is 4.01. The first kappa shape index (κ1) is 14.4. The molecule has 0 fully saturated rings. The molecule has 6 heteroatoms. The van der Waals surface area contributed by atoms with Gasteiger partial charge in [-0.2, -0.15) is 0 Å². The zero-order chi connectivity index (χ0) is 13.7. The Hall–Kier alpha value is -1.69. The molecule has 0 saturated heterocycles. The molecule has 0 saturated carbocycles. The Balaban J connectivity index is 3.01. The van der Waals surface area contributed by atoms with Gasteiger partial charge in [-0.25, -0.2) is 9.18 Å². The molecule has 0 atom stereocenters. The van der Waals surface area contributed by atoms with Crippen LogP contribution in [-0.4, -0.2) is 29.0 Å². The Labute approximate surface area is 111 Å². The summed E-state index contributed by atoms with van der Waals surface area (Å²) in [5, 5.41) is 2.61. The fourth-order valence-electron chi connectivity index (χ4n) is 1.58. The van der Waals surface area contributed by atoms with Gasteiger partial charge in [-0.15, -0.1) is 0 Å². The molecule has 1 aromatic carbocycles. The number of thiocarbonyl (C=S) groups is 1. The van der Waals surface area contributed by atoms with Crippen molar-refractivity contribution < 1.29 is 9.18 Å². The lowest BCUT2D eigenvalue weighted by Crippen LogP contribution is -2.35. The van der Waals surface area contributed by atoms with E-state index in [1.807, 2.05) is 13.8 Å². The van der Waals surface area contributed by atoms with Gasteiger partial charge in [0.25, 0.3) is 0 Å². The Morgan fingerprint density at radius 2 is 2.06 bits per heavy atom. The van der Waals surface area contributed by atoms with Crippen LogP contribution in [0.15, 0.2) is 18.2 Å². The Morgan fingerprint density at radius 3 is 2.56 bits per heavy atom. The third-order valence-corrected chi connectivity index (χ3v) is 2.76. The fourth-order valence-corrected chi connectivity index (χ4v) is 1.79. The van der Waals surface area contributed by atoms with E-state index < -0.39 is 5.82 Å². The highest BCUT2D eigenvalue weighted by Crippen LogP contribution is 2.19. The van der Waals surface area contributed by atoms with E-state index in [0.29, 0.717) is 18.8 Å². The van der Waals surface area contributed by atoms with Gasteiger partial charge in [0.1, 0.15) is 10.8 Å². The molecule has 1 rings (SSSR count). The van der Waals surface area contributed by atoms with E-state index in [2.05, 4.69) is 5.32 Å². The molecule has 2 amide bonds. The molecular weight excluding hydrogens is 253 g/mol. The van der Waals surface area contributed by atoms with Gasteiger partial charge in [0, 0.05) is 13.1 Å². The van der Waals surface area contributed by atoms with Crippen LogP contribution in [0.3, 0.4) is 0 Å². The predicted molar refractivity (Wildman–Crippen MR) is 74.2 cm³/mol. The molecule has 4 nitrogen and oxygen atoms in total. The second-order valence-electron chi connectivity index (χ2n) is 3.63. The van der Waals surface area contributed by atoms with Crippen molar-refractivity contribution in [2.45, 2.75) is 13.8 Å². The standard InChI is InChI=1S/C12H16FN3OS/c1-3-16(4-2)12(17)15-9-7-5-6-8(13)10(9)11(14)18/h5-7H,3-4H2,1-2H3,(H2,14,18)(H,15,17). The fraction of sp³-hybridized carbons (Fsp3) is 0.333. The molecule has 1 aromatic rings. The van der Waals surface area contributed by atoms with Gasteiger partial charge in [-0.05, 0) is 26.0 Å². The summed E-state index contributed by atoms with van der Waals surface area (Å²) in [5.74, 6) is -0.542. The zero-order valence-corrected chi connectivity index (χ0v) is 11.2. The summed E-state index contributed by atoms with van der Waals surface area (Å²) in [6.07, 6.45) is 0. The van der Waals surface area contributed by atoms with Crippen LogP contribution >= 0.6 is 12.2 Å². The average molecular weight is 269 g/mol. The lowest BCUT2D eigenvalue weighted by atomic mass is 10.1. The van der Waals surface area contributed by atoms with Crippen LogP contribution in [0.25, 0.3) is 0 Å². The first-order chi connectivity index (χ1) is 8.51. The van der Waals surface area contributed by atoms with Gasteiger partial charge >= 0.3 is 6.03 Å². The maximum Gasteiger partial charge on any atom is 0.321 e. The van der Waals surface area contributed by atoms with Crippen molar-refractivity contribution in [1.82, 2.24) is 4.90 Å². The highest BCUT2D eigenvalue weighted by atomic mass is 32.1. The van der Waals surface area contributed by atoms with Crippen LogP contribution in [0.2, 0.25) is 0 Å². The zero-order valence-electron chi connectivity index (χ0n) is 10.4. The number of hydrogen-bond donors (Lipinski definition) is 2. The maximum absolute atomic E-state index is 13.6. The van der Waals surface area contributed by atoms with Crippen molar-refractivity contribution in [3.05, 3.63) is 29.6 Å². The smallest absolute Gasteiger partial charge is 0.321 e. The SMILES string of the molecule is CCN(CC)C(=O)Nc1cccc(F)c1C(N)=S. The van der Waals surface area contributed by atoms with Crippen LogP contribution in [0, 0.1) is 5.82 Å². The van der Waals surface area contributed by atoms with Crippen molar-refractivity contribution in [1.29, 1.82) is 0 Å². The molecule has 18 heavy (non-hydrogen) atoms. The van der Waals surface area contributed by atoms with Crippen molar-refractivity contribution in [2.24, 2.45) is 5.73 Å². The molecule has 0 aromatic heterocycles. The van der Waals surface area contributed by atoms with E-state index in [1.54, 1.807) is 11.0 Å². The number of anilines is 1. The summed E-state index contributed by atoms with van der Waals surface area (Å²) in [6.45, 7) is 4.87. The molecule has 0 unspecified atom stereocenters. The normalized spacial score (nSPS) is 9.94. The Morgan fingerprint density at radius 1 is 1.44 bits per heavy atom. The molecule has 98 valence electrons. The van der Waals surface area contributed by atoms with Gasteiger partial charge < -0.3 is 16.0 Å². The van der Waals surface area contributed by atoms with Gasteiger partial charge in [-0.3, -0.25) is 0 Å². The summed E-state index contributed by atoms with van der Waals surface area (Å²) < 4.78 is 13.6. The molecule has 0 aliphatic heterocycles. The van der Waals surface area contributed by atoms with E-state index in [-0.39, 0.29) is 16.6 Å². The largest absolute Gasteiger partial charge is 0.389 e. The minimum atomic E-state index is -0.542. The molecule has 0 aliphatic rings. The molecular formula is C12H16FN3OS. The number of halogens is 1. The van der Waals surface area contributed by atoms with E-state index in [4.69, 9.17) is 18.0 Å². The van der Waals surface area contributed by atoms with Crippen LogP contribution in [0.4, 0.5) is 14.9 Å². The molecule has 0 aliphatic carbocycles. The number of benzene rings is 1. The van der Waals surface area contributed by atoms with Crippen molar-refractivity contribution in [2.75, 3.05) is 18.4 Å². The van der Waals surface area contributed by atoms with Gasteiger partial charge in [-0.1, -0.05) is 18.3 Å². The first-order valence-electron chi connectivity index (χ1n) is 5.65. The number of urea groups is 1. The van der Waals surface area contributed by atoms with Gasteiger partial charge in [0.15, 0.2) is 0 Å². The summed E-state index contributed by atoms with van der Waals surface area (Å²) in [5.41, 5.74) is 5.81. The Kier molecular flexibility index (Phi) is 5.03. The highest BCUT2D eigenvalue weighted by molar-refractivity contribution is 7.80. The van der Waals surface area contributed by atoms with Crippen LogP contribution in [0.1, 0.15) is 19.4 Å². The first-order valence-corrected chi connectivity index (χ1v) is 6.06. The second kappa shape index (κ2) is 6.30. The number of nitrogens with one attached hydrogen (secondary N) is 1. The van der Waals surface area contributed by atoms with Crippen LogP contribution in [0.5, 0.6) is 0 Å². The number of rotatable bonds is 4. The lowest BCUT2D eigenvalue weighted by molar-refractivity contribution is 0.217. The quantitative estimate of drug-likeness (QED) is 0.825. The van der Waals surface area contributed by atoms with Gasteiger partial charge in [0.05, 0.1) is 11.3 Å². The summed E-state index contributed by atoms with van der Waals surface area (Å²) in [7, 11) is 0. The van der Waals surface area contributed by atoms with Crippen LogP contribution in [-0.2, 0) is 0 Å². The highest BCUT2D eigenvalue weighted by Gasteiger charge is 2.15. The van der Waals surface area contributed by atoms with Crippen molar-refractivity contribution in [3.63, 3.8) is 0 Å². The number of nitrogens with two attached hydrogens (primary N) is 1. The van der Waals surface area contributed by atoms with Gasteiger partial charge in [0.2, 0.25) is 0 Å². The Bertz CT molecular complexity index is 461. The minimum Gasteiger partial charge on any atom is -0.389 e. The lowest BCUT2D eigenvalue weighted by Gasteiger charge is -2.20. The molecule has 0 radical (unpaired) electrons. The number of amides is 2. The number of nitrogens with zero attached hydrogens (tertiary/aromatic N) is 1. The summed E-state index contributed by atoms with van der Waals surface area (Å²) >= 11 is 4.79. The van der Waals surface area contributed by atoms with E-state index >= 15 is 0 Å². The number of carbonyl (C=O) groups is 1. The van der Waals surface area contributed by atoms with E-state index in [1.165, 1.54) is 12.1 Å². The number of hydrogen-bond acceptors (Lipinski definition) is 2. The van der Waals surface area contributed by atoms with Crippen molar-refractivity contribution in [3.8, 4) is 0 Å². The minimum absolute atomic E-state index is 0.0630. The third kappa shape index (κ3) is 3.16. The second-order valence-corrected chi connectivity index (χ2v) is 4.07. The molecule has 3 N–H and O–H groups in total. The summed E-state index contributed by atoms with van der Waals surface area (Å²) in [4.78, 5) is 13.4. The monoisotopic (exact) mass is 269 g/mol. The maximum atomic E-state index is 13.6. The van der Waals surface area contributed by atoms with Crippen LogP contribution < -0.4 is 11.1 Å². The number of carbonyl (C=O) groups excluding carboxylic acids is 1. The van der Waals surface area contributed by atoms with Crippen molar-refractivity contribution >= 4 is 28.9 Å². The topological polar surface area (TPSA) is 58.4 Å². The molecule has 0 bridgehead atoms. The molecule has 0 spiro atoms. The third-order valence-electron chi connectivity index (χ3n) is 2.55.